The van der Waals surface area contributed by atoms with Gasteiger partial charge in [-0.05, 0) is 43.0 Å². The molecule has 152 valence electrons. The van der Waals surface area contributed by atoms with Crippen LogP contribution in [0.5, 0.6) is 0 Å². The highest BCUT2D eigenvalue weighted by Gasteiger charge is 2.24. The Morgan fingerprint density at radius 2 is 1.62 bits per heavy atom. The first-order valence-electron chi connectivity index (χ1n) is 9.44. The van der Waals surface area contributed by atoms with E-state index in [0.717, 1.165) is 5.56 Å². The van der Waals surface area contributed by atoms with Crippen LogP contribution in [-0.2, 0) is 9.59 Å². The average molecular weight is 394 g/mol. The van der Waals surface area contributed by atoms with Gasteiger partial charge in [0.25, 0.3) is 11.8 Å². The van der Waals surface area contributed by atoms with Gasteiger partial charge in [0.2, 0.25) is 0 Å². The molecule has 0 aliphatic carbocycles. The predicted molar refractivity (Wildman–Crippen MR) is 112 cm³/mol. The fraction of sp³-hybridized carbons (Fsp3) is 0.261. The molecule has 0 aliphatic rings. The monoisotopic (exact) mass is 394 g/mol. The maximum atomic E-state index is 12.8. The third-order valence-electron chi connectivity index (χ3n) is 4.23. The lowest BCUT2D eigenvalue weighted by Gasteiger charge is -2.18. The van der Waals surface area contributed by atoms with Gasteiger partial charge in [0, 0.05) is 5.56 Å². The van der Waals surface area contributed by atoms with E-state index in [0.29, 0.717) is 11.1 Å². The van der Waals surface area contributed by atoms with Gasteiger partial charge in [-0.2, -0.15) is 0 Å². The average Bonchev–Trinajstić information content (AvgIpc) is 2.67. The molecule has 0 saturated heterocycles. The molecule has 0 fully saturated rings. The summed E-state index contributed by atoms with van der Waals surface area (Å²) in [5.41, 5.74) is 2.10. The molecule has 0 heterocycles. The Morgan fingerprint density at radius 3 is 2.17 bits per heavy atom. The third-order valence-corrected chi connectivity index (χ3v) is 4.23. The largest absolute Gasteiger partial charge is 0.480 e. The SMILES string of the molecule is Cc1ccc(C(=O)N/C(=C/c2ccccc2)C(=O)N[C@@H](CC(C)C)C(=O)O)cc1. The topological polar surface area (TPSA) is 95.5 Å². The third kappa shape index (κ3) is 6.92. The molecule has 2 aromatic rings. The van der Waals surface area contributed by atoms with Crippen molar-refractivity contribution < 1.29 is 19.5 Å². The van der Waals surface area contributed by atoms with Crippen LogP contribution in [0.2, 0.25) is 0 Å². The van der Waals surface area contributed by atoms with E-state index in [4.69, 9.17) is 0 Å². The second-order valence-corrected chi connectivity index (χ2v) is 7.28. The first-order chi connectivity index (χ1) is 13.8. The van der Waals surface area contributed by atoms with Crippen LogP contribution in [0.15, 0.2) is 60.3 Å². The van der Waals surface area contributed by atoms with Gasteiger partial charge in [-0.15, -0.1) is 0 Å². The standard InChI is InChI=1S/C23H26N2O4/c1-15(2)13-20(23(28)29)25-22(27)19(14-17-7-5-4-6-8-17)24-21(26)18-11-9-16(3)10-12-18/h4-12,14-15,20H,13H2,1-3H3,(H,24,26)(H,25,27)(H,28,29)/b19-14+/t20-/m0/s1. The number of hydrogen-bond donors (Lipinski definition) is 3. The molecule has 6 nitrogen and oxygen atoms in total. The van der Waals surface area contributed by atoms with Crippen molar-refractivity contribution in [2.45, 2.75) is 33.2 Å². The van der Waals surface area contributed by atoms with Gasteiger partial charge in [0.05, 0.1) is 0 Å². The lowest BCUT2D eigenvalue weighted by atomic mass is 10.0. The maximum absolute atomic E-state index is 12.8. The lowest BCUT2D eigenvalue weighted by molar-refractivity contribution is -0.141. The van der Waals surface area contributed by atoms with E-state index in [1.54, 1.807) is 36.4 Å². The van der Waals surface area contributed by atoms with Crippen LogP contribution in [0.3, 0.4) is 0 Å². The van der Waals surface area contributed by atoms with Crippen molar-refractivity contribution in [3.05, 3.63) is 77.0 Å². The molecule has 2 amide bonds. The molecule has 0 unspecified atom stereocenters. The minimum atomic E-state index is -1.11. The van der Waals surface area contributed by atoms with Crippen LogP contribution in [-0.4, -0.2) is 28.9 Å². The van der Waals surface area contributed by atoms with Crippen LogP contribution in [0.25, 0.3) is 6.08 Å². The molecule has 1 atom stereocenters. The number of rotatable bonds is 8. The van der Waals surface area contributed by atoms with Crippen molar-refractivity contribution in [3.8, 4) is 0 Å². The van der Waals surface area contributed by atoms with Gasteiger partial charge < -0.3 is 15.7 Å². The Hall–Kier alpha value is -3.41. The molecule has 29 heavy (non-hydrogen) atoms. The highest BCUT2D eigenvalue weighted by Crippen LogP contribution is 2.10. The molecule has 0 radical (unpaired) electrons. The fourth-order valence-corrected chi connectivity index (χ4v) is 2.70. The van der Waals surface area contributed by atoms with Crippen molar-refractivity contribution in [2.24, 2.45) is 5.92 Å². The molecule has 3 N–H and O–H groups in total. The molecule has 0 bridgehead atoms. The van der Waals surface area contributed by atoms with E-state index in [1.807, 2.05) is 39.0 Å². The summed E-state index contributed by atoms with van der Waals surface area (Å²) in [6, 6.07) is 14.9. The Balaban J connectivity index is 2.28. The zero-order valence-electron chi connectivity index (χ0n) is 16.8. The summed E-state index contributed by atoms with van der Waals surface area (Å²) in [7, 11) is 0. The number of benzene rings is 2. The van der Waals surface area contributed by atoms with E-state index in [-0.39, 0.29) is 18.0 Å². The Morgan fingerprint density at radius 1 is 1.00 bits per heavy atom. The number of aryl methyl sites for hydroxylation is 1. The predicted octanol–water partition coefficient (Wildman–Crippen LogP) is 3.38. The van der Waals surface area contributed by atoms with E-state index in [2.05, 4.69) is 10.6 Å². The van der Waals surface area contributed by atoms with E-state index >= 15 is 0 Å². The first kappa shape index (κ1) is 21.9. The van der Waals surface area contributed by atoms with Crippen molar-refractivity contribution in [1.29, 1.82) is 0 Å². The smallest absolute Gasteiger partial charge is 0.326 e. The number of hydrogen-bond acceptors (Lipinski definition) is 3. The number of amides is 2. The molecule has 0 saturated carbocycles. The second-order valence-electron chi connectivity index (χ2n) is 7.28. The van der Waals surface area contributed by atoms with Gasteiger partial charge in [-0.1, -0.05) is 61.9 Å². The Labute approximate surface area is 170 Å². The highest BCUT2D eigenvalue weighted by atomic mass is 16.4. The van der Waals surface area contributed by atoms with Gasteiger partial charge in [-0.25, -0.2) is 4.79 Å². The first-order valence-corrected chi connectivity index (χ1v) is 9.44. The van der Waals surface area contributed by atoms with Crippen molar-refractivity contribution in [1.82, 2.24) is 10.6 Å². The lowest BCUT2D eigenvalue weighted by Crippen LogP contribution is -2.45. The molecule has 0 aromatic heterocycles. The Kier molecular flexibility index (Phi) is 7.71. The second kappa shape index (κ2) is 10.2. The minimum absolute atomic E-state index is 0.0169. The van der Waals surface area contributed by atoms with Crippen molar-refractivity contribution in [3.63, 3.8) is 0 Å². The number of carboxylic acids is 1. The summed E-state index contributed by atoms with van der Waals surface area (Å²) >= 11 is 0. The summed E-state index contributed by atoms with van der Waals surface area (Å²) < 4.78 is 0. The number of nitrogens with one attached hydrogen (secondary N) is 2. The van der Waals surface area contributed by atoms with Crippen LogP contribution < -0.4 is 10.6 Å². The summed E-state index contributed by atoms with van der Waals surface area (Å²) in [4.78, 5) is 36.9. The van der Waals surface area contributed by atoms with Crippen molar-refractivity contribution in [2.75, 3.05) is 0 Å². The number of carbonyl (C=O) groups excluding carboxylic acids is 2. The maximum Gasteiger partial charge on any atom is 0.326 e. The molecule has 0 spiro atoms. The fourth-order valence-electron chi connectivity index (χ4n) is 2.70. The quantitative estimate of drug-likeness (QED) is 0.598. The van der Waals surface area contributed by atoms with Crippen LogP contribution in [0.1, 0.15) is 41.8 Å². The zero-order chi connectivity index (χ0) is 21.4. The van der Waals surface area contributed by atoms with Gasteiger partial charge >= 0.3 is 5.97 Å². The van der Waals surface area contributed by atoms with Crippen LogP contribution in [0.4, 0.5) is 0 Å². The van der Waals surface area contributed by atoms with Crippen molar-refractivity contribution >= 4 is 23.9 Å². The minimum Gasteiger partial charge on any atom is -0.480 e. The van der Waals surface area contributed by atoms with Gasteiger partial charge in [-0.3, -0.25) is 9.59 Å². The number of aliphatic carboxylic acids is 1. The number of carbonyl (C=O) groups is 3. The van der Waals surface area contributed by atoms with Gasteiger partial charge in [0.15, 0.2) is 0 Å². The summed E-state index contributed by atoms with van der Waals surface area (Å²) in [6.45, 7) is 5.67. The molecule has 6 heteroatoms. The number of carboxylic acid groups (broad SMARTS) is 1. The molecular formula is C23H26N2O4. The molecule has 2 rings (SSSR count). The Bertz CT molecular complexity index is 887. The van der Waals surface area contributed by atoms with Crippen LogP contribution >= 0.6 is 0 Å². The van der Waals surface area contributed by atoms with E-state index in [9.17, 15) is 19.5 Å². The van der Waals surface area contributed by atoms with E-state index in [1.165, 1.54) is 6.08 Å². The highest BCUT2D eigenvalue weighted by molar-refractivity contribution is 6.06. The van der Waals surface area contributed by atoms with Gasteiger partial charge in [0.1, 0.15) is 11.7 Å². The summed E-state index contributed by atoms with van der Waals surface area (Å²) in [6.07, 6.45) is 1.81. The zero-order valence-corrected chi connectivity index (χ0v) is 16.8. The molecular weight excluding hydrogens is 368 g/mol. The molecule has 0 aliphatic heterocycles. The summed E-state index contributed by atoms with van der Waals surface area (Å²) in [5.74, 6) is -2.13. The molecule has 2 aromatic carbocycles. The normalized spacial score (nSPS) is 12.3. The summed E-state index contributed by atoms with van der Waals surface area (Å²) in [5, 5.41) is 14.5. The van der Waals surface area contributed by atoms with Crippen LogP contribution in [0, 0.1) is 12.8 Å². The van der Waals surface area contributed by atoms with E-state index < -0.39 is 23.8 Å².